The molecule has 1 heterocycles. The van der Waals surface area contributed by atoms with E-state index in [1.54, 1.807) is 18.5 Å². The Morgan fingerprint density at radius 2 is 1.95 bits per heavy atom. The Kier molecular flexibility index (Phi) is 2.76. The van der Waals surface area contributed by atoms with Gasteiger partial charge in [0.25, 0.3) is 0 Å². The van der Waals surface area contributed by atoms with Crippen LogP contribution in [0.15, 0.2) is 54.9 Å². The highest BCUT2D eigenvalue weighted by atomic mass is 16.1. The van der Waals surface area contributed by atoms with Crippen molar-refractivity contribution >= 4 is 16.9 Å². The Labute approximate surface area is 110 Å². The minimum atomic E-state index is -0.431. The number of hydrogen-bond acceptors (Lipinski definition) is 2. The van der Waals surface area contributed by atoms with Crippen LogP contribution < -0.4 is 5.73 Å². The lowest BCUT2D eigenvalue weighted by Gasteiger charge is -2.04. The third kappa shape index (κ3) is 2.20. The average molecular weight is 251 g/mol. The minimum Gasteiger partial charge on any atom is -0.366 e. The van der Waals surface area contributed by atoms with Crippen LogP contribution in [0.5, 0.6) is 0 Å². The van der Waals surface area contributed by atoms with Crippen LogP contribution in [0, 0.1) is 0 Å². The molecule has 0 aliphatic heterocycles. The minimum absolute atomic E-state index is 0.431. The van der Waals surface area contributed by atoms with Crippen molar-refractivity contribution in [2.75, 3.05) is 0 Å². The summed E-state index contributed by atoms with van der Waals surface area (Å²) in [6.07, 6.45) is 1.78. The zero-order chi connectivity index (χ0) is 13.2. The van der Waals surface area contributed by atoms with Gasteiger partial charge in [-0.15, -0.1) is 0 Å². The number of benzene rings is 2. The third-order valence-corrected chi connectivity index (χ3v) is 3.10. The second kappa shape index (κ2) is 4.57. The smallest absolute Gasteiger partial charge is 0.248 e. The number of nitrogens with two attached hydrogens (primary N) is 1. The molecule has 0 aliphatic carbocycles. The molecule has 0 saturated carbocycles. The number of aromatic nitrogens is 2. The summed E-state index contributed by atoms with van der Waals surface area (Å²) < 4.78 is 2.05. The van der Waals surface area contributed by atoms with Crippen molar-refractivity contribution in [3.8, 4) is 0 Å². The first-order chi connectivity index (χ1) is 9.24. The lowest BCUT2D eigenvalue weighted by atomic mass is 10.2. The van der Waals surface area contributed by atoms with Gasteiger partial charge in [0.05, 0.1) is 17.4 Å². The van der Waals surface area contributed by atoms with Crippen molar-refractivity contribution in [1.29, 1.82) is 0 Å². The van der Waals surface area contributed by atoms with Crippen LogP contribution in [0.3, 0.4) is 0 Å². The fourth-order valence-corrected chi connectivity index (χ4v) is 2.12. The van der Waals surface area contributed by atoms with Gasteiger partial charge >= 0.3 is 0 Å². The number of amides is 1. The van der Waals surface area contributed by atoms with Crippen molar-refractivity contribution in [2.24, 2.45) is 5.73 Å². The Morgan fingerprint density at radius 1 is 1.16 bits per heavy atom. The van der Waals surface area contributed by atoms with Gasteiger partial charge in [-0.05, 0) is 23.8 Å². The lowest BCUT2D eigenvalue weighted by Crippen LogP contribution is -2.10. The second-order valence-corrected chi connectivity index (χ2v) is 4.43. The van der Waals surface area contributed by atoms with Crippen LogP contribution >= 0.6 is 0 Å². The van der Waals surface area contributed by atoms with Crippen LogP contribution in [-0.2, 0) is 6.54 Å². The van der Waals surface area contributed by atoms with Gasteiger partial charge in [-0.1, -0.05) is 30.3 Å². The average Bonchev–Trinajstić information content (AvgIpc) is 2.82. The van der Waals surface area contributed by atoms with E-state index in [1.165, 1.54) is 5.56 Å². The summed E-state index contributed by atoms with van der Waals surface area (Å²) in [4.78, 5) is 15.4. The Morgan fingerprint density at radius 3 is 2.68 bits per heavy atom. The van der Waals surface area contributed by atoms with E-state index in [9.17, 15) is 4.79 Å². The number of nitrogens with zero attached hydrogens (tertiary/aromatic N) is 2. The fourth-order valence-electron chi connectivity index (χ4n) is 2.12. The first-order valence-corrected chi connectivity index (χ1v) is 6.02. The third-order valence-electron chi connectivity index (χ3n) is 3.10. The number of fused-ring (bicyclic) bond motifs is 1. The summed E-state index contributed by atoms with van der Waals surface area (Å²) in [6, 6.07) is 15.5. The molecular formula is C15H13N3O. The first-order valence-electron chi connectivity index (χ1n) is 6.02. The summed E-state index contributed by atoms with van der Waals surface area (Å²) in [5.41, 5.74) is 8.73. The highest BCUT2D eigenvalue weighted by Crippen LogP contribution is 2.16. The zero-order valence-corrected chi connectivity index (χ0v) is 10.3. The van der Waals surface area contributed by atoms with E-state index >= 15 is 0 Å². The summed E-state index contributed by atoms with van der Waals surface area (Å²) in [5, 5.41) is 0. The van der Waals surface area contributed by atoms with E-state index in [1.807, 2.05) is 24.3 Å². The lowest BCUT2D eigenvalue weighted by molar-refractivity contribution is 0.100. The molecule has 0 unspecified atom stereocenters. The van der Waals surface area contributed by atoms with Gasteiger partial charge in [0.2, 0.25) is 5.91 Å². The van der Waals surface area contributed by atoms with E-state index in [-0.39, 0.29) is 0 Å². The Bertz CT molecular complexity index is 731. The standard InChI is InChI=1S/C15H13N3O/c16-15(19)12-6-7-14-13(8-12)17-10-18(14)9-11-4-2-1-3-5-11/h1-8,10H,9H2,(H2,16,19). The molecular weight excluding hydrogens is 238 g/mol. The summed E-state index contributed by atoms with van der Waals surface area (Å²) >= 11 is 0. The molecule has 2 N–H and O–H groups in total. The number of hydrogen-bond donors (Lipinski definition) is 1. The molecule has 4 heteroatoms. The number of primary amides is 1. The molecule has 1 aromatic heterocycles. The monoisotopic (exact) mass is 251 g/mol. The maximum absolute atomic E-state index is 11.1. The molecule has 0 saturated heterocycles. The summed E-state index contributed by atoms with van der Waals surface area (Å²) in [5.74, 6) is -0.431. The van der Waals surface area contributed by atoms with Crippen LogP contribution in [0.4, 0.5) is 0 Å². The molecule has 0 radical (unpaired) electrons. The molecule has 0 spiro atoms. The van der Waals surface area contributed by atoms with Crippen molar-refractivity contribution < 1.29 is 4.79 Å². The molecule has 0 fully saturated rings. The number of carbonyl (C=O) groups is 1. The molecule has 94 valence electrons. The molecule has 19 heavy (non-hydrogen) atoms. The van der Waals surface area contributed by atoms with Crippen molar-refractivity contribution in [2.45, 2.75) is 6.54 Å². The Hall–Kier alpha value is -2.62. The first kappa shape index (κ1) is 11.5. The number of carbonyl (C=O) groups excluding carboxylic acids is 1. The number of rotatable bonds is 3. The molecule has 0 bridgehead atoms. The van der Waals surface area contributed by atoms with Crippen LogP contribution in [0.1, 0.15) is 15.9 Å². The van der Waals surface area contributed by atoms with E-state index in [4.69, 9.17) is 5.73 Å². The SMILES string of the molecule is NC(=O)c1ccc2c(c1)ncn2Cc1ccccc1. The highest BCUT2D eigenvalue weighted by Gasteiger charge is 2.06. The Balaban J connectivity index is 1.99. The van der Waals surface area contributed by atoms with E-state index in [0.717, 1.165) is 17.6 Å². The normalized spacial score (nSPS) is 10.7. The summed E-state index contributed by atoms with van der Waals surface area (Å²) in [7, 11) is 0. The zero-order valence-electron chi connectivity index (χ0n) is 10.3. The van der Waals surface area contributed by atoms with Gasteiger partial charge in [-0.2, -0.15) is 0 Å². The predicted molar refractivity (Wildman–Crippen MR) is 73.8 cm³/mol. The summed E-state index contributed by atoms with van der Waals surface area (Å²) in [6.45, 7) is 0.757. The van der Waals surface area contributed by atoms with Crippen molar-refractivity contribution in [1.82, 2.24) is 9.55 Å². The second-order valence-electron chi connectivity index (χ2n) is 4.43. The maximum Gasteiger partial charge on any atom is 0.248 e. The van der Waals surface area contributed by atoms with Gasteiger partial charge < -0.3 is 10.3 Å². The van der Waals surface area contributed by atoms with E-state index < -0.39 is 5.91 Å². The quantitative estimate of drug-likeness (QED) is 0.775. The van der Waals surface area contributed by atoms with Crippen LogP contribution in [0.25, 0.3) is 11.0 Å². The van der Waals surface area contributed by atoms with E-state index in [0.29, 0.717) is 5.56 Å². The molecule has 2 aromatic carbocycles. The van der Waals surface area contributed by atoms with Crippen molar-refractivity contribution in [3.05, 3.63) is 66.0 Å². The van der Waals surface area contributed by atoms with Gasteiger partial charge in [0, 0.05) is 12.1 Å². The molecule has 0 aliphatic rings. The largest absolute Gasteiger partial charge is 0.366 e. The molecule has 3 aromatic rings. The molecule has 0 atom stereocenters. The fraction of sp³-hybridized carbons (Fsp3) is 0.0667. The molecule has 3 rings (SSSR count). The van der Waals surface area contributed by atoms with Crippen LogP contribution in [0.2, 0.25) is 0 Å². The predicted octanol–water partition coefficient (Wildman–Crippen LogP) is 2.18. The van der Waals surface area contributed by atoms with Gasteiger partial charge in [0.15, 0.2) is 0 Å². The van der Waals surface area contributed by atoms with Crippen molar-refractivity contribution in [3.63, 3.8) is 0 Å². The van der Waals surface area contributed by atoms with Gasteiger partial charge in [-0.3, -0.25) is 4.79 Å². The van der Waals surface area contributed by atoms with E-state index in [2.05, 4.69) is 21.7 Å². The molecule has 4 nitrogen and oxygen atoms in total. The highest BCUT2D eigenvalue weighted by molar-refractivity contribution is 5.96. The van der Waals surface area contributed by atoms with Crippen LogP contribution in [-0.4, -0.2) is 15.5 Å². The number of imidazole rings is 1. The molecule has 1 amide bonds. The maximum atomic E-state index is 11.1. The van der Waals surface area contributed by atoms with Gasteiger partial charge in [-0.25, -0.2) is 4.98 Å². The van der Waals surface area contributed by atoms with Gasteiger partial charge in [0.1, 0.15) is 0 Å². The topological polar surface area (TPSA) is 60.9 Å².